The molecule has 1 fully saturated rings. The van der Waals surface area contributed by atoms with E-state index < -0.39 is 0 Å². The number of aliphatic hydroxyl groups excluding tert-OH is 1. The van der Waals surface area contributed by atoms with E-state index in [0.29, 0.717) is 13.0 Å². The third kappa shape index (κ3) is 1.61. The standard InChI is InChI=1S/C8H11NO2/c10-7(8-5-11-8)4-6-2-1-3-9-6/h1-3,7-10H,4-5H2. The fourth-order valence-electron chi connectivity index (χ4n) is 1.13. The molecule has 0 radical (unpaired) electrons. The largest absolute Gasteiger partial charge is 0.390 e. The predicted octanol–water partition coefficient (Wildman–Crippen LogP) is 0.317. The summed E-state index contributed by atoms with van der Waals surface area (Å²) in [7, 11) is 0. The molecule has 2 unspecified atom stereocenters. The molecule has 2 rings (SSSR count). The van der Waals surface area contributed by atoms with E-state index >= 15 is 0 Å². The normalized spacial score (nSPS) is 25.0. The first-order valence-electron chi connectivity index (χ1n) is 3.78. The molecule has 0 spiro atoms. The molecule has 0 aromatic carbocycles. The van der Waals surface area contributed by atoms with Crippen LogP contribution in [0.25, 0.3) is 0 Å². The monoisotopic (exact) mass is 153 g/mol. The molecule has 1 saturated heterocycles. The molecule has 3 nitrogen and oxygen atoms in total. The Morgan fingerprint density at radius 1 is 1.82 bits per heavy atom. The maximum Gasteiger partial charge on any atom is 0.107 e. The number of ether oxygens (including phenoxy) is 1. The van der Waals surface area contributed by atoms with Crippen molar-refractivity contribution in [1.29, 1.82) is 0 Å². The lowest BCUT2D eigenvalue weighted by molar-refractivity contribution is 0.134. The van der Waals surface area contributed by atoms with Gasteiger partial charge in [0.05, 0.1) is 12.7 Å². The average molecular weight is 153 g/mol. The fraction of sp³-hybridized carbons (Fsp3) is 0.500. The number of aromatic amines is 1. The fourth-order valence-corrected chi connectivity index (χ4v) is 1.13. The lowest BCUT2D eigenvalue weighted by Gasteiger charge is -2.03. The Kier molecular flexibility index (Phi) is 1.68. The third-order valence-electron chi connectivity index (χ3n) is 1.88. The van der Waals surface area contributed by atoms with Gasteiger partial charge in [-0.05, 0) is 12.1 Å². The Labute approximate surface area is 65.0 Å². The van der Waals surface area contributed by atoms with Crippen molar-refractivity contribution in [3.63, 3.8) is 0 Å². The first kappa shape index (κ1) is 6.88. The van der Waals surface area contributed by atoms with E-state index in [2.05, 4.69) is 4.98 Å². The lowest BCUT2D eigenvalue weighted by Crippen LogP contribution is -2.17. The summed E-state index contributed by atoms with van der Waals surface area (Å²) in [6, 6.07) is 3.89. The zero-order valence-corrected chi connectivity index (χ0v) is 6.16. The van der Waals surface area contributed by atoms with E-state index in [1.165, 1.54) is 0 Å². The molecule has 0 saturated carbocycles. The van der Waals surface area contributed by atoms with Crippen molar-refractivity contribution in [1.82, 2.24) is 4.98 Å². The van der Waals surface area contributed by atoms with Crippen molar-refractivity contribution in [3.8, 4) is 0 Å². The summed E-state index contributed by atoms with van der Waals surface area (Å²) in [5.41, 5.74) is 1.06. The molecule has 0 amide bonds. The number of hydrogen-bond acceptors (Lipinski definition) is 2. The highest BCUT2D eigenvalue weighted by molar-refractivity contribution is 5.05. The first-order valence-corrected chi connectivity index (χ1v) is 3.78. The van der Waals surface area contributed by atoms with E-state index in [1.54, 1.807) is 0 Å². The molecular weight excluding hydrogens is 142 g/mol. The van der Waals surface area contributed by atoms with E-state index in [1.807, 2.05) is 18.3 Å². The van der Waals surface area contributed by atoms with Crippen LogP contribution in [0.15, 0.2) is 18.3 Å². The number of hydrogen-bond donors (Lipinski definition) is 2. The van der Waals surface area contributed by atoms with Gasteiger partial charge in [0, 0.05) is 18.3 Å². The summed E-state index contributed by atoms with van der Waals surface area (Å²) >= 11 is 0. The van der Waals surface area contributed by atoms with Crippen molar-refractivity contribution < 1.29 is 9.84 Å². The molecule has 1 aromatic rings. The zero-order chi connectivity index (χ0) is 7.68. The van der Waals surface area contributed by atoms with E-state index in [9.17, 15) is 5.11 Å². The minimum absolute atomic E-state index is 0.0818. The summed E-state index contributed by atoms with van der Waals surface area (Å²) in [5.74, 6) is 0. The Morgan fingerprint density at radius 3 is 3.18 bits per heavy atom. The second-order valence-electron chi connectivity index (χ2n) is 2.84. The van der Waals surface area contributed by atoms with Gasteiger partial charge in [-0.2, -0.15) is 0 Å². The van der Waals surface area contributed by atoms with Gasteiger partial charge in [0.1, 0.15) is 6.10 Å². The molecule has 1 aliphatic heterocycles. The maximum absolute atomic E-state index is 9.42. The average Bonchev–Trinajstić information content (AvgIpc) is 2.73. The molecule has 60 valence electrons. The van der Waals surface area contributed by atoms with Crippen LogP contribution in [0.4, 0.5) is 0 Å². The van der Waals surface area contributed by atoms with Crippen LogP contribution in [0.3, 0.4) is 0 Å². The Morgan fingerprint density at radius 2 is 2.64 bits per heavy atom. The highest BCUT2D eigenvalue weighted by atomic mass is 16.6. The van der Waals surface area contributed by atoms with Crippen molar-refractivity contribution >= 4 is 0 Å². The van der Waals surface area contributed by atoms with Crippen LogP contribution in [-0.2, 0) is 11.2 Å². The lowest BCUT2D eigenvalue weighted by atomic mass is 10.1. The number of nitrogens with one attached hydrogen (secondary N) is 1. The molecule has 1 aromatic heterocycles. The number of rotatable bonds is 3. The van der Waals surface area contributed by atoms with Crippen LogP contribution in [0.1, 0.15) is 5.69 Å². The van der Waals surface area contributed by atoms with Gasteiger partial charge in [0.2, 0.25) is 0 Å². The van der Waals surface area contributed by atoms with Crippen LogP contribution >= 0.6 is 0 Å². The van der Waals surface area contributed by atoms with Crippen LogP contribution in [0.2, 0.25) is 0 Å². The molecule has 2 atom stereocenters. The smallest absolute Gasteiger partial charge is 0.107 e. The summed E-state index contributed by atoms with van der Waals surface area (Å²) in [5, 5.41) is 9.42. The van der Waals surface area contributed by atoms with Gasteiger partial charge >= 0.3 is 0 Å². The van der Waals surface area contributed by atoms with Gasteiger partial charge < -0.3 is 14.8 Å². The molecule has 0 aliphatic carbocycles. The summed E-state index contributed by atoms with van der Waals surface area (Å²) in [6.07, 6.45) is 2.26. The molecule has 2 heterocycles. The molecule has 11 heavy (non-hydrogen) atoms. The van der Waals surface area contributed by atoms with Gasteiger partial charge in [-0.1, -0.05) is 0 Å². The van der Waals surface area contributed by atoms with Crippen LogP contribution in [0.5, 0.6) is 0 Å². The molecule has 0 bridgehead atoms. The highest BCUT2D eigenvalue weighted by Crippen LogP contribution is 2.16. The Bertz CT molecular complexity index is 216. The predicted molar refractivity (Wildman–Crippen MR) is 40.2 cm³/mol. The Balaban J connectivity index is 1.89. The van der Waals surface area contributed by atoms with Crippen molar-refractivity contribution in [2.75, 3.05) is 6.61 Å². The summed E-state index contributed by atoms with van der Waals surface area (Å²) < 4.78 is 4.96. The van der Waals surface area contributed by atoms with E-state index in [0.717, 1.165) is 5.69 Å². The topological polar surface area (TPSA) is 48.5 Å². The molecular formula is C8H11NO2. The number of H-pyrrole nitrogens is 1. The molecule has 1 aliphatic rings. The highest BCUT2D eigenvalue weighted by Gasteiger charge is 2.31. The summed E-state index contributed by atoms with van der Waals surface area (Å²) in [4.78, 5) is 3.04. The first-order chi connectivity index (χ1) is 5.36. The third-order valence-corrected chi connectivity index (χ3v) is 1.88. The summed E-state index contributed by atoms with van der Waals surface area (Å²) in [6.45, 7) is 0.710. The second-order valence-corrected chi connectivity index (χ2v) is 2.84. The van der Waals surface area contributed by atoms with E-state index in [4.69, 9.17) is 4.74 Å². The second kappa shape index (κ2) is 2.68. The van der Waals surface area contributed by atoms with Crippen molar-refractivity contribution in [3.05, 3.63) is 24.0 Å². The number of epoxide rings is 1. The zero-order valence-electron chi connectivity index (χ0n) is 6.16. The van der Waals surface area contributed by atoms with Crippen molar-refractivity contribution in [2.24, 2.45) is 0 Å². The quantitative estimate of drug-likeness (QED) is 0.614. The minimum atomic E-state index is -0.339. The molecule has 3 heteroatoms. The minimum Gasteiger partial charge on any atom is -0.390 e. The van der Waals surface area contributed by atoms with E-state index in [-0.39, 0.29) is 12.2 Å². The van der Waals surface area contributed by atoms with Crippen LogP contribution in [0, 0.1) is 0 Å². The van der Waals surface area contributed by atoms with Gasteiger partial charge in [0.15, 0.2) is 0 Å². The SMILES string of the molecule is OC(Cc1ccc[nH]1)C1CO1. The molecule has 2 N–H and O–H groups in total. The maximum atomic E-state index is 9.42. The van der Waals surface area contributed by atoms with Crippen LogP contribution in [-0.4, -0.2) is 28.9 Å². The number of aliphatic hydroxyl groups is 1. The Hall–Kier alpha value is -0.800. The number of aromatic nitrogens is 1. The van der Waals surface area contributed by atoms with Gasteiger partial charge in [-0.25, -0.2) is 0 Å². The van der Waals surface area contributed by atoms with Gasteiger partial charge in [-0.15, -0.1) is 0 Å². The van der Waals surface area contributed by atoms with Gasteiger partial charge in [-0.3, -0.25) is 0 Å². The van der Waals surface area contributed by atoms with Gasteiger partial charge in [0.25, 0.3) is 0 Å². The van der Waals surface area contributed by atoms with Crippen LogP contribution < -0.4 is 0 Å². The van der Waals surface area contributed by atoms with Crippen molar-refractivity contribution in [2.45, 2.75) is 18.6 Å².